The number of hydrogen-bond acceptors (Lipinski definition) is 4. The number of carbonyl (C=O) groups excluding carboxylic acids is 1. The van der Waals surface area contributed by atoms with Crippen molar-refractivity contribution >= 4 is 21.9 Å². The smallest absolute Gasteiger partial charge is 0.373 e. The summed E-state index contributed by atoms with van der Waals surface area (Å²) in [6.07, 6.45) is -1.15. The summed E-state index contributed by atoms with van der Waals surface area (Å²) in [7, 11) is 1.23. The molecule has 0 aliphatic rings. The Bertz CT molecular complexity index is 608. The fraction of sp³-hybridized carbons (Fsp3) is 0.154. The summed E-state index contributed by atoms with van der Waals surface area (Å²) in [4.78, 5) is 11.2. The van der Waals surface area contributed by atoms with Gasteiger partial charge in [-0.3, -0.25) is 0 Å². The number of methoxy groups -OCH3 is 1. The van der Waals surface area contributed by atoms with Gasteiger partial charge in [0.05, 0.1) is 11.6 Å². The molecule has 0 amide bonds. The molecule has 6 heteroatoms. The fourth-order valence-electron chi connectivity index (χ4n) is 1.56. The van der Waals surface area contributed by atoms with E-state index >= 15 is 0 Å². The Balaban J connectivity index is 2.28. The minimum atomic E-state index is -1.15. The first-order valence-electron chi connectivity index (χ1n) is 5.34. The highest BCUT2D eigenvalue weighted by Gasteiger charge is 2.19. The van der Waals surface area contributed by atoms with Crippen LogP contribution in [0.15, 0.2) is 39.2 Å². The third-order valence-electron chi connectivity index (χ3n) is 2.54. The molecule has 1 unspecified atom stereocenters. The average Bonchev–Trinajstić information content (AvgIpc) is 2.89. The van der Waals surface area contributed by atoms with Gasteiger partial charge in [-0.15, -0.1) is 0 Å². The molecular formula is C13H10BrFO4. The zero-order valence-electron chi connectivity index (χ0n) is 9.89. The van der Waals surface area contributed by atoms with Crippen LogP contribution in [-0.4, -0.2) is 18.2 Å². The van der Waals surface area contributed by atoms with Crippen LogP contribution in [0.4, 0.5) is 4.39 Å². The summed E-state index contributed by atoms with van der Waals surface area (Å²) < 4.78 is 23.3. The Morgan fingerprint density at radius 1 is 1.42 bits per heavy atom. The Kier molecular flexibility index (Phi) is 4.01. The Morgan fingerprint density at radius 3 is 2.79 bits per heavy atom. The number of furan rings is 1. The molecular weight excluding hydrogens is 319 g/mol. The molecule has 0 saturated heterocycles. The monoisotopic (exact) mass is 328 g/mol. The molecule has 1 heterocycles. The van der Waals surface area contributed by atoms with Crippen LogP contribution in [0.5, 0.6) is 0 Å². The lowest BCUT2D eigenvalue weighted by atomic mass is 10.1. The summed E-state index contributed by atoms with van der Waals surface area (Å²) in [6, 6.07) is 7.06. The van der Waals surface area contributed by atoms with E-state index in [1.54, 1.807) is 6.07 Å². The Labute approximate surface area is 116 Å². The van der Waals surface area contributed by atoms with E-state index in [1.165, 1.54) is 31.4 Å². The van der Waals surface area contributed by atoms with E-state index in [0.717, 1.165) is 0 Å². The molecule has 19 heavy (non-hydrogen) atoms. The van der Waals surface area contributed by atoms with E-state index in [2.05, 4.69) is 20.7 Å². The summed E-state index contributed by atoms with van der Waals surface area (Å²) >= 11 is 3.03. The zero-order valence-corrected chi connectivity index (χ0v) is 11.5. The van der Waals surface area contributed by atoms with Gasteiger partial charge < -0.3 is 14.3 Å². The maximum atomic E-state index is 13.4. The number of benzene rings is 1. The lowest BCUT2D eigenvalue weighted by Gasteiger charge is -2.08. The molecule has 4 nitrogen and oxygen atoms in total. The van der Waals surface area contributed by atoms with E-state index in [-0.39, 0.29) is 11.5 Å². The van der Waals surface area contributed by atoms with Crippen molar-refractivity contribution in [2.24, 2.45) is 0 Å². The van der Waals surface area contributed by atoms with Crippen molar-refractivity contribution in [3.8, 4) is 0 Å². The molecule has 0 bridgehead atoms. The lowest BCUT2D eigenvalue weighted by Crippen LogP contribution is -2.01. The van der Waals surface area contributed by atoms with Crippen LogP contribution in [0.3, 0.4) is 0 Å². The standard InChI is InChI=1S/C13H10BrFO4/c1-18-13(17)11-5-4-10(19-11)12(16)7-2-3-8(14)9(15)6-7/h2-6,12,16H,1H3. The molecule has 1 atom stereocenters. The highest BCUT2D eigenvalue weighted by atomic mass is 79.9. The van der Waals surface area contributed by atoms with Gasteiger partial charge in [0.25, 0.3) is 0 Å². The number of rotatable bonds is 3. The van der Waals surface area contributed by atoms with Crippen LogP contribution < -0.4 is 0 Å². The molecule has 1 N–H and O–H groups in total. The molecule has 2 aromatic rings. The lowest BCUT2D eigenvalue weighted by molar-refractivity contribution is 0.0558. The molecule has 100 valence electrons. The molecule has 0 radical (unpaired) electrons. The van der Waals surface area contributed by atoms with Gasteiger partial charge in [0.15, 0.2) is 0 Å². The SMILES string of the molecule is COC(=O)c1ccc(C(O)c2ccc(Br)c(F)c2)o1. The van der Waals surface area contributed by atoms with E-state index < -0.39 is 17.9 Å². The van der Waals surface area contributed by atoms with Crippen molar-refractivity contribution < 1.29 is 23.4 Å². The molecule has 1 aromatic carbocycles. The Morgan fingerprint density at radius 2 is 2.16 bits per heavy atom. The zero-order chi connectivity index (χ0) is 14.0. The third kappa shape index (κ3) is 2.85. The first-order valence-corrected chi connectivity index (χ1v) is 6.13. The highest BCUT2D eigenvalue weighted by Crippen LogP contribution is 2.26. The maximum Gasteiger partial charge on any atom is 0.373 e. The predicted molar refractivity (Wildman–Crippen MR) is 68.2 cm³/mol. The van der Waals surface area contributed by atoms with Gasteiger partial charge in [-0.1, -0.05) is 6.07 Å². The summed E-state index contributed by atoms with van der Waals surface area (Å²) in [5, 5.41) is 10.0. The second kappa shape index (κ2) is 5.54. The van der Waals surface area contributed by atoms with Crippen molar-refractivity contribution in [2.75, 3.05) is 7.11 Å². The number of ether oxygens (including phenoxy) is 1. The van der Waals surface area contributed by atoms with Crippen LogP contribution in [0, 0.1) is 5.82 Å². The first-order chi connectivity index (χ1) is 9.02. The van der Waals surface area contributed by atoms with Crippen molar-refractivity contribution in [3.63, 3.8) is 0 Å². The minimum Gasteiger partial charge on any atom is -0.463 e. The molecule has 0 fully saturated rings. The minimum absolute atomic E-state index is 0.0193. The second-order valence-corrected chi connectivity index (χ2v) is 4.62. The Hall–Kier alpha value is -1.66. The third-order valence-corrected chi connectivity index (χ3v) is 3.19. The number of carbonyl (C=O) groups is 1. The number of hydrogen-bond donors (Lipinski definition) is 1. The quantitative estimate of drug-likeness (QED) is 0.880. The van der Waals surface area contributed by atoms with Crippen LogP contribution in [0.25, 0.3) is 0 Å². The second-order valence-electron chi connectivity index (χ2n) is 3.77. The molecule has 0 saturated carbocycles. The normalized spacial score (nSPS) is 12.2. The average molecular weight is 329 g/mol. The van der Waals surface area contributed by atoms with Crippen LogP contribution in [-0.2, 0) is 4.74 Å². The van der Waals surface area contributed by atoms with E-state index in [9.17, 15) is 14.3 Å². The first kappa shape index (κ1) is 13.8. The van der Waals surface area contributed by atoms with Crippen LogP contribution >= 0.6 is 15.9 Å². The van der Waals surface area contributed by atoms with Crippen molar-refractivity contribution in [1.82, 2.24) is 0 Å². The fourth-order valence-corrected chi connectivity index (χ4v) is 1.80. The van der Waals surface area contributed by atoms with Gasteiger partial charge in [-0.25, -0.2) is 9.18 Å². The van der Waals surface area contributed by atoms with Gasteiger partial charge in [0, 0.05) is 0 Å². The number of halogens is 2. The van der Waals surface area contributed by atoms with Gasteiger partial charge >= 0.3 is 5.97 Å². The van der Waals surface area contributed by atoms with Gasteiger partial charge in [-0.05, 0) is 45.8 Å². The van der Waals surface area contributed by atoms with Crippen LogP contribution in [0.2, 0.25) is 0 Å². The van der Waals surface area contributed by atoms with Crippen molar-refractivity contribution in [3.05, 3.63) is 57.7 Å². The van der Waals surface area contributed by atoms with Crippen molar-refractivity contribution in [2.45, 2.75) is 6.10 Å². The molecule has 0 aliphatic carbocycles. The summed E-state index contributed by atoms with van der Waals surface area (Å²) in [5.41, 5.74) is 0.325. The highest BCUT2D eigenvalue weighted by molar-refractivity contribution is 9.10. The van der Waals surface area contributed by atoms with E-state index in [4.69, 9.17) is 4.42 Å². The van der Waals surface area contributed by atoms with Gasteiger partial charge in [0.2, 0.25) is 5.76 Å². The van der Waals surface area contributed by atoms with E-state index in [0.29, 0.717) is 10.0 Å². The summed E-state index contributed by atoms with van der Waals surface area (Å²) in [6.45, 7) is 0. The summed E-state index contributed by atoms with van der Waals surface area (Å²) in [5.74, 6) is -1.01. The molecule has 1 aromatic heterocycles. The van der Waals surface area contributed by atoms with E-state index in [1.807, 2.05) is 0 Å². The molecule has 2 rings (SSSR count). The van der Waals surface area contributed by atoms with Crippen molar-refractivity contribution in [1.29, 1.82) is 0 Å². The molecule has 0 aliphatic heterocycles. The number of aliphatic hydroxyl groups excluding tert-OH is 1. The van der Waals surface area contributed by atoms with Gasteiger partial charge in [-0.2, -0.15) is 0 Å². The number of esters is 1. The van der Waals surface area contributed by atoms with Gasteiger partial charge in [0.1, 0.15) is 17.7 Å². The number of aliphatic hydroxyl groups is 1. The van der Waals surface area contributed by atoms with Crippen LogP contribution in [0.1, 0.15) is 28.0 Å². The maximum absolute atomic E-state index is 13.4. The topological polar surface area (TPSA) is 59.7 Å². The molecule has 0 spiro atoms. The predicted octanol–water partition coefficient (Wildman–Crippen LogP) is 3.05. The largest absolute Gasteiger partial charge is 0.463 e.